The van der Waals surface area contributed by atoms with E-state index in [1.807, 2.05) is 0 Å². The molecule has 8 heteroatoms. The van der Waals surface area contributed by atoms with E-state index in [1.54, 1.807) is 24.3 Å². The quantitative estimate of drug-likeness (QED) is 0.818. The zero-order chi connectivity index (χ0) is 14.0. The molecule has 100 valence electrons. The molecule has 0 fully saturated rings. The van der Waals surface area contributed by atoms with Gasteiger partial charge in [0.05, 0.1) is 10.7 Å². The zero-order valence-electron chi connectivity index (χ0n) is 9.27. The predicted octanol–water partition coefficient (Wildman–Crippen LogP) is 3.95. The first-order valence-electron chi connectivity index (χ1n) is 4.98. The maximum Gasteiger partial charge on any atom is 0.265 e. The Bertz CT molecular complexity index is 722. The van der Waals surface area contributed by atoms with Crippen molar-refractivity contribution in [3.63, 3.8) is 0 Å². The predicted molar refractivity (Wildman–Crippen MR) is 79.2 cm³/mol. The first-order chi connectivity index (χ1) is 8.90. The minimum atomic E-state index is -3.85. The number of anilines is 1. The number of pyridine rings is 1. The molecule has 0 bridgehead atoms. The molecule has 0 spiro atoms. The summed E-state index contributed by atoms with van der Waals surface area (Å²) in [5, 5.41) is 0.188. The molecule has 0 atom stereocenters. The number of hydrogen-bond acceptors (Lipinski definition) is 3. The molecule has 0 aliphatic carbocycles. The third-order valence-corrected chi connectivity index (χ3v) is 4.74. The summed E-state index contributed by atoms with van der Waals surface area (Å²) in [7, 11) is -3.85. The van der Waals surface area contributed by atoms with Gasteiger partial charge in [-0.3, -0.25) is 4.72 Å². The summed E-state index contributed by atoms with van der Waals surface area (Å²) in [6.45, 7) is 0. The third kappa shape index (κ3) is 3.39. The molecule has 1 aromatic heterocycles. The minimum absolute atomic E-state index is 0.109. The summed E-state index contributed by atoms with van der Waals surface area (Å²) in [4.78, 5) is 3.65. The van der Waals surface area contributed by atoms with Crippen LogP contribution in [0.2, 0.25) is 10.2 Å². The first kappa shape index (κ1) is 14.6. The SMILES string of the molecule is O=S(=O)(Nc1ccccc1Cl)c1cc(Br)cnc1Cl. The van der Waals surface area contributed by atoms with Crippen molar-refractivity contribution in [3.05, 3.63) is 51.2 Å². The van der Waals surface area contributed by atoms with E-state index in [1.165, 1.54) is 12.3 Å². The van der Waals surface area contributed by atoms with E-state index < -0.39 is 10.0 Å². The summed E-state index contributed by atoms with van der Waals surface area (Å²) in [6, 6.07) is 7.88. The van der Waals surface area contributed by atoms with E-state index in [0.717, 1.165) is 0 Å². The monoisotopic (exact) mass is 380 g/mol. The van der Waals surface area contributed by atoms with Crippen LogP contribution in [0, 0.1) is 0 Å². The fourth-order valence-electron chi connectivity index (χ4n) is 1.34. The number of nitrogens with zero attached hydrogens (tertiary/aromatic N) is 1. The summed E-state index contributed by atoms with van der Waals surface area (Å²) in [5.74, 6) is 0. The molecule has 0 radical (unpaired) electrons. The maximum absolute atomic E-state index is 12.2. The zero-order valence-corrected chi connectivity index (χ0v) is 13.2. The lowest BCUT2D eigenvalue weighted by atomic mass is 10.3. The number of nitrogens with one attached hydrogen (secondary N) is 1. The molecule has 0 saturated carbocycles. The van der Waals surface area contributed by atoms with Crippen LogP contribution in [0.3, 0.4) is 0 Å². The minimum Gasteiger partial charge on any atom is -0.278 e. The van der Waals surface area contributed by atoms with Gasteiger partial charge in [-0.1, -0.05) is 35.3 Å². The summed E-state index contributed by atoms with van der Waals surface area (Å²) in [6.07, 6.45) is 1.41. The van der Waals surface area contributed by atoms with Gasteiger partial charge in [0.1, 0.15) is 10.0 Å². The van der Waals surface area contributed by atoms with Crippen molar-refractivity contribution >= 4 is 54.8 Å². The van der Waals surface area contributed by atoms with E-state index in [4.69, 9.17) is 23.2 Å². The highest BCUT2D eigenvalue weighted by atomic mass is 79.9. The van der Waals surface area contributed by atoms with Crippen LogP contribution in [0.25, 0.3) is 0 Å². The average Bonchev–Trinajstić information content (AvgIpc) is 2.35. The fraction of sp³-hybridized carbons (Fsp3) is 0. The van der Waals surface area contributed by atoms with Crippen molar-refractivity contribution in [1.82, 2.24) is 4.98 Å². The number of para-hydroxylation sites is 1. The van der Waals surface area contributed by atoms with Gasteiger partial charge in [-0.15, -0.1) is 0 Å². The van der Waals surface area contributed by atoms with Gasteiger partial charge in [0.15, 0.2) is 0 Å². The van der Waals surface area contributed by atoms with Crippen LogP contribution in [0.5, 0.6) is 0 Å². The lowest BCUT2D eigenvalue weighted by Crippen LogP contribution is -2.14. The van der Waals surface area contributed by atoms with E-state index >= 15 is 0 Å². The van der Waals surface area contributed by atoms with Gasteiger partial charge >= 0.3 is 0 Å². The Morgan fingerprint density at radius 2 is 1.89 bits per heavy atom. The first-order valence-corrected chi connectivity index (χ1v) is 8.02. The number of aromatic nitrogens is 1. The van der Waals surface area contributed by atoms with Gasteiger partial charge in [0.2, 0.25) is 0 Å². The standard InChI is InChI=1S/C11H7BrCl2N2O2S/c12-7-5-10(11(14)15-6-7)19(17,18)16-9-4-2-1-3-8(9)13/h1-6,16H. The second-order valence-electron chi connectivity index (χ2n) is 3.53. The van der Waals surface area contributed by atoms with Gasteiger partial charge < -0.3 is 0 Å². The van der Waals surface area contributed by atoms with Gasteiger partial charge in [0, 0.05) is 10.7 Å². The molecule has 0 saturated heterocycles. The Balaban J connectivity index is 2.44. The molecular weight excluding hydrogens is 375 g/mol. The molecular formula is C11H7BrCl2N2O2S. The van der Waals surface area contributed by atoms with E-state index in [2.05, 4.69) is 25.6 Å². The summed E-state index contributed by atoms with van der Waals surface area (Å²) >= 11 is 14.9. The topological polar surface area (TPSA) is 59.1 Å². The highest BCUT2D eigenvalue weighted by molar-refractivity contribution is 9.10. The van der Waals surface area contributed by atoms with E-state index in [0.29, 0.717) is 9.50 Å². The van der Waals surface area contributed by atoms with Crippen molar-refractivity contribution in [1.29, 1.82) is 0 Å². The number of rotatable bonds is 3. The molecule has 4 nitrogen and oxygen atoms in total. The Kier molecular flexibility index (Phi) is 4.35. The fourth-order valence-corrected chi connectivity index (χ4v) is 3.60. The van der Waals surface area contributed by atoms with Crippen molar-refractivity contribution in [2.24, 2.45) is 0 Å². The molecule has 1 heterocycles. The Labute approximate surface area is 128 Å². The van der Waals surface area contributed by atoms with Crippen molar-refractivity contribution in [2.75, 3.05) is 4.72 Å². The van der Waals surface area contributed by atoms with E-state index in [-0.39, 0.29) is 15.7 Å². The molecule has 0 amide bonds. The number of hydrogen-bond donors (Lipinski definition) is 1. The van der Waals surface area contributed by atoms with Crippen LogP contribution in [0.4, 0.5) is 5.69 Å². The molecule has 0 unspecified atom stereocenters. The second kappa shape index (κ2) is 5.66. The van der Waals surface area contributed by atoms with Crippen LogP contribution in [0.1, 0.15) is 0 Å². The maximum atomic E-state index is 12.2. The van der Waals surface area contributed by atoms with Crippen LogP contribution in [-0.4, -0.2) is 13.4 Å². The van der Waals surface area contributed by atoms with E-state index in [9.17, 15) is 8.42 Å². The Morgan fingerprint density at radius 1 is 1.21 bits per heavy atom. The van der Waals surface area contributed by atoms with Crippen LogP contribution >= 0.6 is 39.1 Å². The number of sulfonamides is 1. The molecule has 0 aliphatic heterocycles. The lowest BCUT2D eigenvalue weighted by Gasteiger charge is -2.10. The van der Waals surface area contributed by atoms with Gasteiger partial charge in [-0.2, -0.15) is 0 Å². The molecule has 0 aliphatic rings. The molecule has 2 aromatic rings. The molecule has 19 heavy (non-hydrogen) atoms. The van der Waals surface area contributed by atoms with Crippen molar-refractivity contribution in [3.8, 4) is 0 Å². The molecule has 1 N–H and O–H groups in total. The van der Waals surface area contributed by atoms with Gasteiger partial charge in [-0.05, 0) is 34.1 Å². The normalized spacial score (nSPS) is 11.3. The van der Waals surface area contributed by atoms with Crippen molar-refractivity contribution in [2.45, 2.75) is 4.90 Å². The highest BCUT2D eigenvalue weighted by Gasteiger charge is 2.20. The third-order valence-electron chi connectivity index (χ3n) is 2.18. The van der Waals surface area contributed by atoms with Crippen LogP contribution < -0.4 is 4.72 Å². The van der Waals surface area contributed by atoms with Crippen LogP contribution in [-0.2, 0) is 10.0 Å². The summed E-state index contributed by atoms with van der Waals surface area (Å²) < 4.78 is 27.3. The highest BCUT2D eigenvalue weighted by Crippen LogP contribution is 2.27. The van der Waals surface area contributed by atoms with Gasteiger partial charge in [0.25, 0.3) is 10.0 Å². The second-order valence-corrected chi connectivity index (χ2v) is 6.86. The summed E-state index contributed by atoms with van der Waals surface area (Å²) in [5.41, 5.74) is 0.278. The number of benzene rings is 1. The Morgan fingerprint density at radius 3 is 2.58 bits per heavy atom. The molecule has 1 aromatic carbocycles. The lowest BCUT2D eigenvalue weighted by molar-refractivity contribution is 0.601. The molecule has 2 rings (SSSR count). The number of halogens is 3. The van der Waals surface area contributed by atoms with Crippen molar-refractivity contribution < 1.29 is 8.42 Å². The average molecular weight is 382 g/mol. The van der Waals surface area contributed by atoms with Crippen LogP contribution in [0.15, 0.2) is 45.9 Å². The largest absolute Gasteiger partial charge is 0.278 e. The smallest absolute Gasteiger partial charge is 0.265 e. The Hall–Kier alpha value is -0.820. The van der Waals surface area contributed by atoms with Gasteiger partial charge in [-0.25, -0.2) is 13.4 Å².